The minimum Gasteiger partial charge on any atom is -0.464 e. The number of benzene rings is 1. The van der Waals surface area contributed by atoms with Gasteiger partial charge in [0, 0.05) is 30.8 Å². The van der Waals surface area contributed by atoms with E-state index in [9.17, 15) is 14.0 Å². The second-order valence-electron chi connectivity index (χ2n) is 5.65. The van der Waals surface area contributed by atoms with Gasteiger partial charge < -0.3 is 19.7 Å². The predicted octanol–water partition coefficient (Wildman–Crippen LogP) is 4.18. The highest BCUT2D eigenvalue weighted by atomic mass is 35.5. The molecule has 7 nitrogen and oxygen atoms in total. The van der Waals surface area contributed by atoms with Crippen LogP contribution in [0.2, 0.25) is 5.02 Å². The van der Waals surface area contributed by atoms with E-state index in [1.165, 1.54) is 41.5 Å². The van der Waals surface area contributed by atoms with Gasteiger partial charge in [-0.15, -0.1) is 11.3 Å². The number of anilines is 1. The van der Waals surface area contributed by atoms with Crippen LogP contribution in [0, 0.1) is 5.82 Å². The fraction of sp³-hybridized carbons (Fsp3) is 0.389. The third-order valence-corrected chi connectivity index (χ3v) is 4.77. The smallest absolute Gasteiger partial charge is 0.357 e. The van der Waals surface area contributed by atoms with Crippen LogP contribution in [0.5, 0.6) is 0 Å². The molecule has 0 fully saturated rings. The van der Waals surface area contributed by atoms with Gasteiger partial charge in [-0.3, -0.25) is 0 Å². The van der Waals surface area contributed by atoms with Crippen molar-refractivity contribution in [1.82, 2.24) is 9.88 Å². The summed E-state index contributed by atoms with van der Waals surface area (Å²) < 4.78 is 23.3. The number of nitrogens with zero attached hydrogens (tertiary/aromatic N) is 2. The van der Waals surface area contributed by atoms with Gasteiger partial charge in [0.1, 0.15) is 10.8 Å². The van der Waals surface area contributed by atoms with E-state index in [2.05, 4.69) is 15.0 Å². The molecule has 0 spiro atoms. The van der Waals surface area contributed by atoms with Crippen LogP contribution < -0.4 is 5.32 Å². The van der Waals surface area contributed by atoms with Crippen molar-refractivity contribution >= 4 is 40.6 Å². The van der Waals surface area contributed by atoms with Crippen molar-refractivity contribution in [1.29, 1.82) is 0 Å². The molecular formula is C18H21ClFN3O4S. The van der Waals surface area contributed by atoms with Crippen LogP contribution in [-0.4, -0.2) is 48.8 Å². The minimum absolute atomic E-state index is 0.0802. The molecule has 152 valence electrons. The van der Waals surface area contributed by atoms with E-state index in [4.69, 9.17) is 16.3 Å². The number of halogens is 2. The van der Waals surface area contributed by atoms with Crippen molar-refractivity contribution in [2.75, 3.05) is 32.2 Å². The maximum atomic E-state index is 13.3. The monoisotopic (exact) mass is 429 g/mol. The van der Waals surface area contributed by atoms with Gasteiger partial charge in [0.25, 0.3) is 0 Å². The minimum atomic E-state index is -0.564. The number of methoxy groups -OCH3 is 1. The normalized spacial score (nSPS) is 10.6. The zero-order valence-electron chi connectivity index (χ0n) is 15.5. The molecule has 0 saturated heterocycles. The number of aromatic nitrogens is 1. The Bertz CT molecular complexity index is 818. The Labute approximate surface area is 171 Å². The number of hydrogen-bond acceptors (Lipinski definition) is 6. The fourth-order valence-electron chi connectivity index (χ4n) is 2.28. The summed E-state index contributed by atoms with van der Waals surface area (Å²) in [5.74, 6) is -1.10. The standard InChI is InChI=1S/C18H21ClFN3O4S/c1-3-27-8-4-7-23(10-16-22-15(11-28-16)17(24)26-2)18(25)21-12-5-6-14(20)13(19)9-12/h5-6,9,11H,3-4,7-8,10H2,1-2H3,(H,21,25). The molecule has 1 aromatic heterocycles. The molecule has 2 aromatic rings. The van der Waals surface area contributed by atoms with Gasteiger partial charge in [0.2, 0.25) is 0 Å². The van der Waals surface area contributed by atoms with Crippen molar-refractivity contribution < 1.29 is 23.5 Å². The van der Waals surface area contributed by atoms with Gasteiger partial charge in [-0.2, -0.15) is 0 Å². The average Bonchev–Trinajstić information content (AvgIpc) is 3.15. The van der Waals surface area contributed by atoms with E-state index in [0.29, 0.717) is 36.9 Å². The van der Waals surface area contributed by atoms with Gasteiger partial charge in [-0.25, -0.2) is 19.0 Å². The lowest BCUT2D eigenvalue weighted by Gasteiger charge is -2.22. The van der Waals surface area contributed by atoms with Gasteiger partial charge in [0.05, 0.1) is 18.7 Å². The molecule has 0 atom stereocenters. The number of carbonyl (C=O) groups excluding carboxylic acids is 2. The number of nitrogens with one attached hydrogen (secondary N) is 1. The SMILES string of the molecule is CCOCCCN(Cc1nc(C(=O)OC)cs1)C(=O)Nc1ccc(F)c(Cl)c1. The molecule has 0 aliphatic rings. The molecule has 28 heavy (non-hydrogen) atoms. The molecule has 0 radical (unpaired) electrons. The quantitative estimate of drug-likeness (QED) is 0.477. The number of esters is 1. The molecule has 0 saturated carbocycles. The topological polar surface area (TPSA) is 80.8 Å². The highest BCUT2D eigenvalue weighted by Crippen LogP contribution is 2.20. The number of amides is 2. The highest BCUT2D eigenvalue weighted by Gasteiger charge is 2.18. The molecule has 10 heteroatoms. The van der Waals surface area contributed by atoms with Crippen molar-refractivity contribution in [3.05, 3.63) is 45.1 Å². The van der Waals surface area contributed by atoms with Gasteiger partial charge in [0.15, 0.2) is 5.69 Å². The van der Waals surface area contributed by atoms with Crippen LogP contribution in [0.15, 0.2) is 23.6 Å². The van der Waals surface area contributed by atoms with Gasteiger partial charge >= 0.3 is 12.0 Å². The molecule has 2 amide bonds. The molecule has 1 heterocycles. The second kappa shape index (κ2) is 10.9. The van der Waals surface area contributed by atoms with Gasteiger partial charge in [-0.1, -0.05) is 11.6 Å². The van der Waals surface area contributed by atoms with E-state index in [1.807, 2.05) is 6.92 Å². The van der Waals surface area contributed by atoms with Crippen LogP contribution in [0.25, 0.3) is 0 Å². The first kappa shape index (κ1) is 22.1. The average molecular weight is 430 g/mol. The molecule has 2 rings (SSSR count). The predicted molar refractivity (Wildman–Crippen MR) is 105 cm³/mol. The molecule has 0 bridgehead atoms. The van der Waals surface area contributed by atoms with Crippen molar-refractivity contribution in [3.63, 3.8) is 0 Å². The van der Waals surface area contributed by atoms with Crippen LogP contribution >= 0.6 is 22.9 Å². The molecule has 1 N–H and O–H groups in total. The number of urea groups is 1. The Kier molecular flexibility index (Phi) is 8.62. The van der Waals surface area contributed by atoms with E-state index in [0.717, 1.165) is 0 Å². The lowest BCUT2D eigenvalue weighted by atomic mass is 10.3. The van der Waals surface area contributed by atoms with Crippen molar-refractivity contribution in [3.8, 4) is 0 Å². The number of hydrogen-bond donors (Lipinski definition) is 1. The van der Waals surface area contributed by atoms with Crippen molar-refractivity contribution in [2.24, 2.45) is 0 Å². The van der Waals surface area contributed by atoms with E-state index >= 15 is 0 Å². The van der Waals surface area contributed by atoms with Crippen LogP contribution in [0.3, 0.4) is 0 Å². The fourth-order valence-corrected chi connectivity index (χ4v) is 3.23. The number of carbonyl (C=O) groups is 2. The summed E-state index contributed by atoms with van der Waals surface area (Å²) in [6, 6.07) is 3.55. The third kappa shape index (κ3) is 6.43. The summed E-state index contributed by atoms with van der Waals surface area (Å²) in [5, 5.41) is 4.78. The highest BCUT2D eigenvalue weighted by molar-refractivity contribution is 7.09. The van der Waals surface area contributed by atoms with Crippen LogP contribution in [0.1, 0.15) is 28.8 Å². The Morgan fingerprint density at radius 1 is 1.39 bits per heavy atom. The zero-order chi connectivity index (χ0) is 20.5. The van der Waals surface area contributed by atoms with Crippen LogP contribution in [-0.2, 0) is 16.0 Å². The number of thiazole rings is 1. The summed E-state index contributed by atoms with van der Waals surface area (Å²) in [4.78, 5) is 30.0. The first-order valence-electron chi connectivity index (χ1n) is 8.56. The van der Waals surface area contributed by atoms with Crippen molar-refractivity contribution in [2.45, 2.75) is 19.9 Å². The molecule has 0 aliphatic heterocycles. The third-order valence-electron chi connectivity index (χ3n) is 3.65. The van der Waals surface area contributed by atoms with E-state index in [1.54, 1.807) is 5.38 Å². The summed E-state index contributed by atoms with van der Waals surface area (Å²) in [6.45, 7) is 3.61. The largest absolute Gasteiger partial charge is 0.464 e. The first-order chi connectivity index (χ1) is 13.4. The Balaban J connectivity index is 2.08. The maximum Gasteiger partial charge on any atom is 0.357 e. The number of rotatable bonds is 9. The Morgan fingerprint density at radius 3 is 2.86 bits per heavy atom. The number of ether oxygens (including phenoxy) is 2. The molecule has 0 aliphatic carbocycles. The summed E-state index contributed by atoms with van der Waals surface area (Å²) in [5.41, 5.74) is 0.572. The lowest BCUT2D eigenvalue weighted by Crippen LogP contribution is -2.35. The van der Waals surface area contributed by atoms with Gasteiger partial charge in [-0.05, 0) is 31.5 Å². The molecular weight excluding hydrogens is 409 g/mol. The maximum absolute atomic E-state index is 13.3. The zero-order valence-corrected chi connectivity index (χ0v) is 17.1. The second-order valence-corrected chi connectivity index (χ2v) is 7.00. The summed E-state index contributed by atoms with van der Waals surface area (Å²) in [7, 11) is 1.28. The van der Waals surface area contributed by atoms with E-state index < -0.39 is 17.8 Å². The molecule has 1 aromatic carbocycles. The Hall–Kier alpha value is -2.23. The summed E-state index contributed by atoms with van der Waals surface area (Å²) >= 11 is 7.02. The lowest BCUT2D eigenvalue weighted by molar-refractivity contribution is 0.0594. The Morgan fingerprint density at radius 2 is 2.18 bits per heavy atom. The van der Waals surface area contributed by atoms with E-state index in [-0.39, 0.29) is 17.3 Å². The van der Waals surface area contributed by atoms with Crippen LogP contribution in [0.4, 0.5) is 14.9 Å². The summed E-state index contributed by atoms with van der Waals surface area (Å²) in [6.07, 6.45) is 0.626. The molecule has 0 unspecified atom stereocenters. The first-order valence-corrected chi connectivity index (χ1v) is 9.81.